The van der Waals surface area contributed by atoms with Crippen LogP contribution in [0.5, 0.6) is 0 Å². The lowest BCUT2D eigenvalue weighted by atomic mass is 10.2. The molecule has 0 amide bonds. The van der Waals surface area contributed by atoms with Crippen LogP contribution >= 0.6 is 39.0 Å². The number of rotatable bonds is 5. The zero-order chi connectivity index (χ0) is 16.1. The molecule has 0 spiro atoms. The van der Waals surface area contributed by atoms with Crippen LogP contribution in [0.2, 0.25) is 0 Å². The van der Waals surface area contributed by atoms with Crippen molar-refractivity contribution in [2.24, 2.45) is 5.10 Å². The molecule has 0 saturated carbocycles. The van der Waals surface area contributed by atoms with Gasteiger partial charge in [-0.3, -0.25) is 5.43 Å². The summed E-state index contributed by atoms with van der Waals surface area (Å²) < 4.78 is 1.06. The molecule has 0 atom stereocenters. The van der Waals surface area contributed by atoms with Gasteiger partial charge in [-0.25, -0.2) is 4.98 Å². The second-order valence-electron chi connectivity index (χ2n) is 4.69. The molecule has 1 N–H and O–H groups in total. The zero-order valence-corrected chi connectivity index (χ0v) is 15.6. The Balaban J connectivity index is 1.64. The average Bonchev–Trinajstić information content (AvgIpc) is 3.05. The van der Waals surface area contributed by atoms with Crippen molar-refractivity contribution in [1.29, 1.82) is 0 Å². The molecule has 0 aliphatic rings. The summed E-state index contributed by atoms with van der Waals surface area (Å²) in [5, 5.41) is 7.18. The lowest BCUT2D eigenvalue weighted by molar-refractivity contribution is 1.27. The Kier molecular flexibility index (Phi) is 5.48. The highest BCUT2D eigenvalue weighted by Crippen LogP contribution is 2.27. The van der Waals surface area contributed by atoms with Gasteiger partial charge in [0.2, 0.25) is 0 Å². The summed E-state index contributed by atoms with van der Waals surface area (Å²) in [5.41, 5.74) is 5.13. The molecule has 1 aromatic heterocycles. The number of hydrogen-bond donors (Lipinski definition) is 1. The van der Waals surface area contributed by atoms with E-state index in [0.29, 0.717) is 0 Å². The van der Waals surface area contributed by atoms with Gasteiger partial charge in [0, 0.05) is 20.3 Å². The maximum Gasteiger partial charge on any atom is 0.157 e. The summed E-state index contributed by atoms with van der Waals surface area (Å²) in [7, 11) is 0. The maximum atomic E-state index is 4.54. The third-order valence-electron chi connectivity index (χ3n) is 3.10. The number of benzene rings is 2. The van der Waals surface area contributed by atoms with Crippen LogP contribution < -0.4 is 5.43 Å². The second-order valence-corrected chi connectivity index (χ2v) is 7.34. The lowest BCUT2D eigenvalue weighted by Gasteiger charge is -1.98. The van der Waals surface area contributed by atoms with Crippen LogP contribution in [0.1, 0.15) is 5.56 Å². The number of aromatic nitrogens is 1. The molecule has 1 heterocycles. The molecule has 0 unspecified atom stereocenters. The summed E-state index contributed by atoms with van der Waals surface area (Å²) in [6.07, 6.45) is 3.86. The summed E-state index contributed by atoms with van der Waals surface area (Å²) in [5.74, 6) is 0.755. The minimum Gasteiger partial charge on any atom is -0.261 e. The number of hydrazone groups is 1. The van der Waals surface area contributed by atoms with Crippen LogP contribution in [-0.4, -0.2) is 17.5 Å². The highest BCUT2D eigenvalue weighted by Gasteiger charge is 2.03. The van der Waals surface area contributed by atoms with Crippen molar-refractivity contribution in [3.8, 4) is 10.6 Å². The van der Waals surface area contributed by atoms with Gasteiger partial charge in [-0.15, -0.1) is 23.1 Å². The van der Waals surface area contributed by atoms with E-state index in [1.807, 2.05) is 41.8 Å². The van der Waals surface area contributed by atoms with Crippen LogP contribution in [0.4, 0.5) is 5.82 Å². The Morgan fingerprint density at radius 3 is 2.57 bits per heavy atom. The van der Waals surface area contributed by atoms with Crippen molar-refractivity contribution in [2.45, 2.75) is 4.90 Å². The first-order chi connectivity index (χ1) is 11.2. The van der Waals surface area contributed by atoms with Crippen LogP contribution in [0.15, 0.2) is 68.4 Å². The van der Waals surface area contributed by atoms with Crippen LogP contribution in [0, 0.1) is 0 Å². The SMILES string of the molecule is CSc1ccc(/C=N/Nc2csc(-c3ccc(Br)cc3)n2)cc1. The van der Waals surface area contributed by atoms with Gasteiger partial charge in [0.25, 0.3) is 0 Å². The van der Waals surface area contributed by atoms with E-state index in [1.54, 1.807) is 29.3 Å². The Bertz CT molecular complexity index is 795. The van der Waals surface area contributed by atoms with Crippen molar-refractivity contribution < 1.29 is 0 Å². The fourth-order valence-electron chi connectivity index (χ4n) is 1.91. The summed E-state index contributed by atoms with van der Waals surface area (Å²) >= 11 is 6.76. The number of thioether (sulfide) groups is 1. The fourth-order valence-corrected chi connectivity index (χ4v) is 3.34. The fraction of sp³-hybridized carbons (Fsp3) is 0.0588. The largest absolute Gasteiger partial charge is 0.261 e. The molecule has 6 heteroatoms. The maximum absolute atomic E-state index is 4.54. The monoisotopic (exact) mass is 403 g/mol. The number of nitrogens with zero attached hydrogens (tertiary/aromatic N) is 2. The highest BCUT2D eigenvalue weighted by atomic mass is 79.9. The van der Waals surface area contributed by atoms with Crippen LogP contribution in [-0.2, 0) is 0 Å². The Labute approximate surface area is 152 Å². The topological polar surface area (TPSA) is 37.3 Å². The first-order valence-electron chi connectivity index (χ1n) is 6.89. The van der Waals surface area contributed by atoms with Crippen molar-refractivity contribution >= 4 is 51.1 Å². The highest BCUT2D eigenvalue weighted by molar-refractivity contribution is 9.10. The van der Waals surface area contributed by atoms with Crippen molar-refractivity contribution in [3.63, 3.8) is 0 Å². The second kappa shape index (κ2) is 7.77. The molecule has 0 bridgehead atoms. The van der Waals surface area contributed by atoms with E-state index in [0.717, 1.165) is 26.4 Å². The Morgan fingerprint density at radius 1 is 1.13 bits per heavy atom. The Morgan fingerprint density at radius 2 is 1.87 bits per heavy atom. The predicted octanol–water partition coefficient (Wildman–Crippen LogP) is 5.74. The van der Waals surface area contributed by atoms with Crippen molar-refractivity contribution in [1.82, 2.24) is 4.98 Å². The third-order valence-corrected chi connectivity index (χ3v) is 5.27. The standard InChI is InChI=1S/C17H14BrN3S2/c1-22-15-8-2-12(3-9-15)10-19-21-16-11-23-17(20-16)13-4-6-14(18)7-5-13/h2-11,21H,1H3/b19-10+. The van der Waals surface area contributed by atoms with Crippen molar-refractivity contribution in [3.05, 3.63) is 63.9 Å². The van der Waals surface area contributed by atoms with E-state index in [1.165, 1.54) is 4.90 Å². The van der Waals surface area contributed by atoms with E-state index in [9.17, 15) is 0 Å². The van der Waals surface area contributed by atoms with Gasteiger partial charge in [0.1, 0.15) is 5.01 Å². The number of nitrogens with one attached hydrogen (secondary N) is 1. The molecular formula is C17H14BrN3S2. The van der Waals surface area contributed by atoms with Crippen LogP contribution in [0.25, 0.3) is 10.6 Å². The smallest absolute Gasteiger partial charge is 0.157 e. The number of anilines is 1. The molecule has 116 valence electrons. The summed E-state index contributed by atoms with van der Waals surface area (Å²) in [6, 6.07) is 16.4. The minimum atomic E-state index is 0.755. The van der Waals surface area contributed by atoms with Gasteiger partial charge in [-0.05, 0) is 36.1 Å². The summed E-state index contributed by atoms with van der Waals surface area (Å²) in [4.78, 5) is 5.79. The van der Waals surface area contributed by atoms with E-state index in [2.05, 4.69) is 49.8 Å². The Hall–Kier alpha value is -1.63. The average molecular weight is 404 g/mol. The zero-order valence-electron chi connectivity index (χ0n) is 12.4. The third kappa shape index (κ3) is 4.43. The molecular weight excluding hydrogens is 390 g/mol. The van der Waals surface area contributed by atoms with Gasteiger partial charge in [0.05, 0.1) is 6.21 Å². The molecule has 23 heavy (non-hydrogen) atoms. The lowest BCUT2D eigenvalue weighted by Crippen LogP contribution is -1.90. The molecule has 3 nitrogen and oxygen atoms in total. The van der Waals surface area contributed by atoms with E-state index in [-0.39, 0.29) is 0 Å². The number of hydrogen-bond acceptors (Lipinski definition) is 5. The van der Waals surface area contributed by atoms with E-state index < -0.39 is 0 Å². The van der Waals surface area contributed by atoms with Gasteiger partial charge in [-0.1, -0.05) is 40.2 Å². The molecule has 0 aliphatic heterocycles. The first-order valence-corrected chi connectivity index (χ1v) is 9.79. The molecule has 0 saturated heterocycles. The van der Waals surface area contributed by atoms with Gasteiger partial charge >= 0.3 is 0 Å². The van der Waals surface area contributed by atoms with Gasteiger partial charge in [0.15, 0.2) is 5.82 Å². The van der Waals surface area contributed by atoms with E-state index >= 15 is 0 Å². The summed E-state index contributed by atoms with van der Waals surface area (Å²) in [6.45, 7) is 0. The predicted molar refractivity (Wildman–Crippen MR) is 105 cm³/mol. The van der Waals surface area contributed by atoms with Gasteiger partial charge in [-0.2, -0.15) is 5.10 Å². The quantitative estimate of drug-likeness (QED) is 0.335. The molecule has 2 aromatic carbocycles. The number of halogens is 1. The molecule has 3 rings (SSSR count). The minimum absolute atomic E-state index is 0.755. The number of thiazole rings is 1. The van der Waals surface area contributed by atoms with Crippen molar-refractivity contribution in [2.75, 3.05) is 11.7 Å². The normalized spacial score (nSPS) is 11.0. The molecule has 3 aromatic rings. The van der Waals surface area contributed by atoms with E-state index in [4.69, 9.17) is 0 Å². The van der Waals surface area contributed by atoms with Crippen LogP contribution in [0.3, 0.4) is 0 Å². The molecule has 0 radical (unpaired) electrons. The van der Waals surface area contributed by atoms with Gasteiger partial charge < -0.3 is 0 Å². The first kappa shape index (κ1) is 16.2. The molecule has 0 fully saturated rings. The molecule has 0 aliphatic carbocycles.